The Morgan fingerprint density at radius 2 is 1.86 bits per heavy atom. The largest absolute Gasteiger partial charge is 3.00 e. The van der Waals surface area contributed by atoms with Crippen molar-refractivity contribution in [2.24, 2.45) is 0 Å². The third-order valence-corrected chi connectivity index (χ3v) is 3.72. The first-order valence-electron chi connectivity index (χ1n) is 7.35. The van der Waals surface area contributed by atoms with Gasteiger partial charge in [-0.05, 0) is 24.5 Å². The van der Waals surface area contributed by atoms with Gasteiger partial charge in [0.25, 0.3) is 0 Å². The Hall–Kier alpha value is -0.0457. The summed E-state index contributed by atoms with van der Waals surface area (Å²) in [6.45, 7) is 7.57. The van der Waals surface area contributed by atoms with Crippen molar-refractivity contribution in [3.05, 3.63) is 58.4 Å². The van der Waals surface area contributed by atoms with Crippen LogP contribution < -0.4 is 24.8 Å². The minimum Gasteiger partial charge on any atom is -1.00 e. The van der Waals surface area contributed by atoms with Gasteiger partial charge in [-0.25, -0.2) is 0 Å². The molecule has 1 aromatic rings. The van der Waals surface area contributed by atoms with Crippen LogP contribution in [0.4, 0.5) is 0 Å². The molecule has 0 aliphatic heterocycles. The molecule has 1 nitrogen and oxygen atoms in total. The maximum Gasteiger partial charge on any atom is 3.00 e. The molecule has 0 saturated carbocycles. The minimum atomic E-state index is 0. The minimum absolute atomic E-state index is 0. The Bertz CT molecular complexity index is 498. The van der Waals surface area contributed by atoms with Gasteiger partial charge in [-0.15, -0.1) is 12.6 Å². The van der Waals surface area contributed by atoms with E-state index < -0.39 is 0 Å². The zero-order chi connectivity index (χ0) is 13.7. The normalized spacial score (nSPS) is 14.0. The Kier molecular flexibility index (Phi) is 13.6. The van der Waals surface area contributed by atoms with E-state index >= 15 is 0 Å². The van der Waals surface area contributed by atoms with Crippen LogP contribution in [0, 0.1) is 0 Å². The molecule has 0 N–H and O–H groups in total. The molecule has 2 rings (SSSR count). The number of benzene rings is 1. The average molecular weight is 373 g/mol. The molecule has 1 atom stereocenters. The SMILES string of the molecule is CCCC[N-]C(C)c1ccccc1C1=CC(C)=CC1.[Cl-].[Cl-].[Ti+3]. The fourth-order valence-electron chi connectivity index (χ4n) is 2.55. The van der Waals surface area contributed by atoms with Crippen molar-refractivity contribution >= 4 is 5.57 Å². The van der Waals surface area contributed by atoms with Crippen LogP contribution in [0.1, 0.15) is 57.2 Å². The van der Waals surface area contributed by atoms with Crippen LogP contribution in [0.15, 0.2) is 42.0 Å². The van der Waals surface area contributed by atoms with Gasteiger partial charge in [-0.1, -0.05) is 74.2 Å². The maximum absolute atomic E-state index is 4.79. The van der Waals surface area contributed by atoms with Crippen LogP contribution in [0.2, 0.25) is 0 Å². The van der Waals surface area contributed by atoms with E-state index in [-0.39, 0.29) is 46.5 Å². The first-order valence-corrected chi connectivity index (χ1v) is 7.35. The second-order valence-electron chi connectivity index (χ2n) is 5.34. The van der Waals surface area contributed by atoms with Crippen LogP contribution in [0.25, 0.3) is 10.9 Å². The Labute approximate surface area is 162 Å². The first kappa shape index (κ1) is 24.2. The molecule has 0 amide bonds. The third kappa shape index (κ3) is 6.60. The number of hydrogen-bond acceptors (Lipinski definition) is 0. The summed E-state index contributed by atoms with van der Waals surface area (Å²) in [4.78, 5) is 0. The van der Waals surface area contributed by atoms with Crippen LogP contribution >= 0.6 is 0 Å². The van der Waals surface area contributed by atoms with Crippen molar-refractivity contribution in [3.63, 3.8) is 0 Å². The zero-order valence-electron chi connectivity index (χ0n) is 13.6. The number of allylic oxidation sites excluding steroid dienone is 4. The predicted molar refractivity (Wildman–Crippen MR) is 84.3 cm³/mol. The molecule has 1 aliphatic rings. The van der Waals surface area contributed by atoms with Crippen LogP contribution in [0.3, 0.4) is 0 Å². The quantitative estimate of drug-likeness (QED) is 0.479. The Balaban J connectivity index is 0. The summed E-state index contributed by atoms with van der Waals surface area (Å²) in [5.41, 5.74) is 5.56. The van der Waals surface area contributed by atoms with Crippen molar-refractivity contribution < 1.29 is 46.5 Å². The molecule has 0 aromatic heterocycles. The topological polar surface area (TPSA) is 14.1 Å². The summed E-state index contributed by atoms with van der Waals surface area (Å²) >= 11 is 0. The summed E-state index contributed by atoms with van der Waals surface area (Å²) in [5.74, 6) is 0. The fourth-order valence-corrected chi connectivity index (χ4v) is 2.55. The van der Waals surface area contributed by atoms with Crippen molar-refractivity contribution in [1.82, 2.24) is 0 Å². The molecular weight excluding hydrogens is 349 g/mol. The van der Waals surface area contributed by atoms with Crippen molar-refractivity contribution in [2.75, 3.05) is 6.54 Å². The maximum atomic E-state index is 4.79. The van der Waals surface area contributed by atoms with Crippen LogP contribution in [0.5, 0.6) is 0 Å². The molecule has 0 saturated heterocycles. The van der Waals surface area contributed by atoms with Gasteiger partial charge in [0.15, 0.2) is 0 Å². The number of nitrogens with zero attached hydrogens (tertiary/aromatic N) is 1. The zero-order valence-corrected chi connectivity index (χ0v) is 16.6. The molecule has 4 heteroatoms. The molecule has 0 spiro atoms. The van der Waals surface area contributed by atoms with Crippen LogP contribution in [-0.4, -0.2) is 6.54 Å². The summed E-state index contributed by atoms with van der Waals surface area (Å²) in [7, 11) is 0. The standard InChI is InChI=1S/C18H24N.2ClH.Ti/c1-4-5-12-19-15(3)17-8-6-7-9-18(17)16-11-10-14(2)13-16;;;/h6-10,13,15H,4-5,11-12H2,1-3H3;2*1H;/q-1;;;+3/p-2. The molecule has 1 unspecified atom stereocenters. The molecule has 0 fully saturated rings. The van der Waals surface area contributed by atoms with Gasteiger partial charge < -0.3 is 30.1 Å². The molecule has 119 valence electrons. The van der Waals surface area contributed by atoms with Gasteiger partial charge in [0, 0.05) is 0 Å². The summed E-state index contributed by atoms with van der Waals surface area (Å²) in [5, 5.41) is 4.79. The molecule has 1 aliphatic carbocycles. The first-order chi connectivity index (χ1) is 9.22. The molecule has 1 aromatic carbocycles. The van der Waals surface area contributed by atoms with Gasteiger partial charge in [0.05, 0.1) is 0 Å². The summed E-state index contributed by atoms with van der Waals surface area (Å²) in [6, 6.07) is 9.01. The van der Waals surface area contributed by atoms with E-state index in [1.807, 2.05) is 0 Å². The van der Waals surface area contributed by atoms with E-state index in [4.69, 9.17) is 5.32 Å². The molecule has 0 heterocycles. The average Bonchev–Trinajstić information content (AvgIpc) is 2.85. The number of hydrogen-bond donors (Lipinski definition) is 0. The predicted octanol–water partition coefficient (Wildman–Crippen LogP) is -0.340. The monoisotopic (exact) mass is 372 g/mol. The van der Waals surface area contributed by atoms with Crippen LogP contribution in [-0.2, 0) is 21.7 Å². The van der Waals surface area contributed by atoms with E-state index in [9.17, 15) is 0 Å². The third-order valence-electron chi connectivity index (χ3n) is 3.72. The van der Waals surface area contributed by atoms with Gasteiger partial charge in [-0.2, -0.15) is 0 Å². The van der Waals surface area contributed by atoms with Gasteiger partial charge in [0.1, 0.15) is 0 Å². The van der Waals surface area contributed by atoms with E-state index in [2.05, 4.69) is 57.2 Å². The van der Waals surface area contributed by atoms with Gasteiger partial charge >= 0.3 is 21.7 Å². The van der Waals surface area contributed by atoms with E-state index in [1.54, 1.807) is 0 Å². The Morgan fingerprint density at radius 1 is 1.18 bits per heavy atom. The second-order valence-corrected chi connectivity index (χ2v) is 5.34. The van der Waals surface area contributed by atoms with Crippen molar-refractivity contribution in [2.45, 2.75) is 46.1 Å². The van der Waals surface area contributed by atoms with Gasteiger partial charge in [-0.3, -0.25) is 0 Å². The molecule has 22 heavy (non-hydrogen) atoms. The summed E-state index contributed by atoms with van der Waals surface area (Å²) in [6.07, 6.45) is 8.06. The molecular formula is C18H24Cl2NTi. The number of halogens is 2. The molecule has 0 bridgehead atoms. The van der Waals surface area contributed by atoms with E-state index in [0.29, 0.717) is 6.04 Å². The van der Waals surface area contributed by atoms with E-state index in [0.717, 1.165) is 13.0 Å². The second kappa shape index (κ2) is 12.4. The Morgan fingerprint density at radius 3 is 2.45 bits per heavy atom. The van der Waals surface area contributed by atoms with Crippen molar-refractivity contribution in [3.8, 4) is 0 Å². The number of unbranched alkanes of at least 4 members (excludes halogenated alkanes) is 1. The smallest absolute Gasteiger partial charge is 1.00 e. The van der Waals surface area contributed by atoms with E-state index in [1.165, 1.54) is 35.1 Å². The molecule has 1 radical (unpaired) electrons. The van der Waals surface area contributed by atoms with Crippen molar-refractivity contribution in [1.29, 1.82) is 0 Å². The fraction of sp³-hybridized carbons (Fsp3) is 0.444. The number of rotatable bonds is 6. The van der Waals surface area contributed by atoms with Gasteiger partial charge in [0.2, 0.25) is 0 Å². The summed E-state index contributed by atoms with van der Waals surface area (Å²) < 4.78 is 0.